The summed E-state index contributed by atoms with van der Waals surface area (Å²) in [7, 11) is 0. The highest BCUT2D eigenvalue weighted by molar-refractivity contribution is 5.58. The van der Waals surface area contributed by atoms with Crippen molar-refractivity contribution in [3.8, 4) is 0 Å². The van der Waals surface area contributed by atoms with Crippen LogP contribution in [0.2, 0.25) is 0 Å². The Balaban J connectivity index is 1.97. The second-order valence-electron chi connectivity index (χ2n) is 4.92. The molecule has 0 saturated carbocycles. The topological polar surface area (TPSA) is 46.3 Å². The van der Waals surface area contributed by atoms with E-state index in [4.69, 9.17) is 0 Å². The van der Waals surface area contributed by atoms with Crippen LogP contribution in [0.15, 0.2) is 6.33 Å². The summed E-state index contributed by atoms with van der Waals surface area (Å²) in [6.07, 6.45) is 6.46. The number of nitrogens with zero attached hydrogens (tertiary/aromatic N) is 5. The summed E-state index contributed by atoms with van der Waals surface area (Å²) in [5, 5.41) is 4.31. The Morgan fingerprint density at radius 3 is 3.06 bits per heavy atom. The van der Waals surface area contributed by atoms with E-state index in [1.807, 2.05) is 4.52 Å². The predicted octanol–water partition coefficient (Wildman–Crippen LogP) is 1.99. The average Bonchev–Trinajstić information content (AvgIpc) is 2.95. The number of aromatic nitrogens is 4. The maximum atomic E-state index is 4.50. The molecule has 2 aromatic heterocycles. The van der Waals surface area contributed by atoms with Gasteiger partial charge in [-0.1, -0.05) is 19.8 Å². The minimum atomic E-state index is 0.716. The van der Waals surface area contributed by atoms with Crippen LogP contribution in [-0.4, -0.2) is 32.7 Å². The lowest BCUT2D eigenvalue weighted by molar-refractivity contribution is 0.679. The van der Waals surface area contributed by atoms with Gasteiger partial charge in [-0.3, -0.25) is 0 Å². The van der Waals surface area contributed by atoms with E-state index in [0.29, 0.717) is 5.78 Å². The Labute approximate surface area is 107 Å². The van der Waals surface area contributed by atoms with Gasteiger partial charge >= 0.3 is 0 Å². The number of hydrogen-bond acceptors (Lipinski definition) is 4. The molecule has 0 atom stereocenters. The van der Waals surface area contributed by atoms with Crippen LogP contribution in [0.4, 0.5) is 5.82 Å². The smallest absolute Gasteiger partial charge is 0.254 e. The van der Waals surface area contributed by atoms with Crippen molar-refractivity contribution < 1.29 is 0 Å². The summed E-state index contributed by atoms with van der Waals surface area (Å²) in [5.74, 6) is 1.93. The third-order valence-corrected chi connectivity index (χ3v) is 3.67. The Kier molecular flexibility index (Phi) is 2.89. The van der Waals surface area contributed by atoms with Gasteiger partial charge in [-0.15, -0.1) is 0 Å². The second-order valence-corrected chi connectivity index (χ2v) is 4.92. The lowest BCUT2D eigenvalue weighted by Gasteiger charge is -2.19. The van der Waals surface area contributed by atoms with Crippen molar-refractivity contribution in [1.29, 1.82) is 0 Å². The van der Waals surface area contributed by atoms with Crippen LogP contribution < -0.4 is 4.90 Å². The molecule has 0 N–H and O–H groups in total. The summed E-state index contributed by atoms with van der Waals surface area (Å²) in [5.41, 5.74) is 2.44. The van der Waals surface area contributed by atoms with Crippen molar-refractivity contribution in [2.24, 2.45) is 0 Å². The summed E-state index contributed by atoms with van der Waals surface area (Å²) in [4.78, 5) is 11.1. The van der Waals surface area contributed by atoms with Crippen LogP contribution in [0.3, 0.4) is 0 Å². The number of hydrogen-bond donors (Lipinski definition) is 0. The zero-order chi connectivity index (χ0) is 12.5. The molecule has 0 radical (unpaired) electrons. The van der Waals surface area contributed by atoms with Gasteiger partial charge in [0.25, 0.3) is 5.78 Å². The first-order valence-corrected chi connectivity index (χ1v) is 6.75. The van der Waals surface area contributed by atoms with Crippen molar-refractivity contribution >= 4 is 11.6 Å². The summed E-state index contributed by atoms with van der Waals surface area (Å²) in [6.45, 7) is 6.50. The Hall–Kier alpha value is -1.65. The molecule has 0 amide bonds. The predicted molar refractivity (Wildman–Crippen MR) is 71.0 cm³/mol. The van der Waals surface area contributed by atoms with Crippen molar-refractivity contribution in [3.63, 3.8) is 0 Å². The molecule has 0 unspecified atom stereocenters. The largest absolute Gasteiger partial charge is 0.356 e. The van der Waals surface area contributed by atoms with Crippen molar-refractivity contribution in [1.82, 2.24) is 19.6 Å². The van der Waals surface area contributed by atoms with Crippen molar-refractivity contribution in [2.75, 3.05) is 18.0 Å². The minimum Gasteiger partial charge on any atom is -0.356 e. The van der Waals surface area contributed by atoms with E-state index in [1.165, 1.54) is 30.6 Å². The standard InChI is InChI=1S/C13H19N5/c1-3-4-5-7-17-8-6-11-10(2)16-13-14-9-15-18(13)12(11)17/h9H,3-8H2,1-2H3. The van der Waals surface area contributed by atoms with Gasteiger partial charge in [0, 0.05) is 24.3 Å². The van der Waals surface area contributed by atoms with Crippen LogP contribution in [0.25, 0.3) is 5.78 Å². The molecular formula is C13H19N5. The highest BCUT2D eigenvalue weighted by Crippen LogP contribution is 2.29. The van der Waals surface area contributed by atoms with E-state index in [1.54, 1.807) is 6.33 Å². The molecule has 18 heavy (non-hydrogen) atoms. The SMILES string of the molecule is CCCCCN1CCc2c(C)nc3ncnn3c21. The van der Waals surface area contributed by atoms with Crippen LogP contribution in [0.1, 0.15) is 37.4 Å². The van der Waals surface area contributed by atoms with Gasteiger partial charge in [-0.2, -0.15) is 14.6 Å². The van der Waals surface area contributed by atoms with E-state index >= 15 is 0 Å². The third kappa shape index (κ3) is 1.74. The molecule has 0 spiro atoms. The lowest BCUT2D eigenvalue weighted by Crippen LogP contribution is -2.24. The molecule has 2 aromatic rings. The normalized spacial score (nSPS) is 14.4. The fraction of sp³-hybridized carbons (Fsp3) is 0.615. The molecular weight excluding hydrogens is 226 g/mol. The monoisotopic (exact) mass is 245 g/mol. The molecule has 1 aliphatic heterocycles. The molecule has 1 aliphatic rings. The molecule has 3 heterocycles. The van der Waals surface area contributed by atoms with Crippen LogP contribution >= 0.6 is 0 Å². The summed E-state index contributed by atoms with van der Waals surface area (Å²) in [6, 6.07) is 0. The number of rotatable bonds is 4. The third-order valence-electron chi connectivity index (χ3n) is 3.67. The number of anilines is 1. The highest BCUT2D eigenvalue weighted by Gasteiger charge is 2.25. The van der Waals surface area contributed by atoms with Gasteiger partial charge < -0.3 is 4.90 Å². The number of fused-ring (bicyclic) bond motifs is 3. The Morgan fingerprint density at radius 2 is 2.22 bits per heavy atom. The van der Waals surface area contributed by atoms with Gasteiger partial charge in [0.15, 0.2) is 0 Å². The fourth-order valence-corrected chi connectivity index (χ4v) is 2.71. The van der Waals surface area contributed by atoms with E-state index in [0.717, 1.165) is 25.2 Å². The first kappa shape index (κ1) is 11.4. The minimum absolute atomic E-state index is 0.716. The van der Waals surface area contributed by atoms with Gasteiger partial charge in [0.2, 0.25) is 0 Å². The van der Waals surface area contributed by atoms with Crippen LogP contribution in [-0.2, 0) is 6.42 Å². The van der Waals surface area contributed by atoms with Gasteiger partial charge in [0.1, 0.15) is 12.1 Å². The summed E-state index contributed by atoms with van der Waals surface area (Å²) < 4.78 is 1.89. The quantitative estimate of drug-likeness (QED) is 0.773. The lowest BCUT2D eigenvalue weighted by atomic mass is 10.2. The number of aryl methyl sites for hydroxylation is 1. The Bertz CT molecular complexity index is 560. The molecule has 5 nitrogen and oxygen atoms in total. The van der Waals surface area contributed by atoms with Crippen molar-refractivity contribution in [3.05, 3.63) is 17.6 Å². The van der Waals surface area contributed by atoms with Crippen LogP contribution in [0, 0.1) is 6.92 Å². The molecule has 3 rings (SSSR count). The van der Waals surface area contributed by atoms with E-state index < -0.39 is 0 Å². The van der Waals surface area contributed by atoms with Gasteiger partial charge in [-0.25, -0.2) is 4.98 Å². The van der Waals surface area contributed by atoms with E-state index in [-0.39, 0.29) is 0 Å². The van der Waals surface area contributed by atoms with Crippen LogP contribution in [0.5, 0.6) is 0 Å². The van der Waals surface area contributed by atoms with Crippen molar-refractivity contribution in [2.45, 2.75) is 39.5 Å². The molecule has 0 aromatic carbocycles. The number of unbranched alkanes of at least 4 members (excludes halogenated alkanes) is 2. The molecule has 0 saturated heterocycles. The maximum Gasteiger partial charge on any atom is 0.254 e. The molecule has 96 valence electrons. The first-order chi connectivity index (χ1) is 8.81. The van der Waals surface area contributed by atoms with Gasteiger partial charge in [0.05, 0.1) is 0 Å². The fourth-order valence-electron chi connectivity index (χ4n) is 2.71. The zero-order valence-corrected chi connectivity index (χ0v) is 11.1. The first-order valence-electron chi connectivity index (χ1n) is 6.75. The van der Waals surface area contributed by atoms with Gasteiger partial charge in [-0.05, 0) is 19.8 Å². The molecule has 0 fully saturated rings. The zero-order valence-electron chi connectivity index (χ0n) is 11.1. The Morgan fingerprint density at radius 1 is 1.33 bits per heavy atom. The molecule has 0 aliphatic carbocycles. The van der Waals surface area contributed by atoms with E-state index in [9.17, 15) is 0 Å². The molecule has 0 bridgehead atoms. The molecule has 5 heteroatoms. The van der Waals surface area contributed by atoms with E-state index in [2.05, 4.69) is 33.8 Å². The maximum absolute atomic E-state index is 4.50. The summed E-state index contributed by atoms with van der Waals surface area (Å²) >= 11 is 0. The highest BCUT2D eigenvalue weighted by atomic mass is 15.4. The second kappa shape index (κ2) is 4.55. The average molecular weight is 245 g/mol.